The molecule has 1 atom stereocenters. The molecule has 0 aromatic rings. The van der Waals surface area contributed by atoms with Gasteiger partial charge in [-0.05, 0) is 20.3 Å². The number of rotatable bonds is 7. The molecule has 0 saturated carbocycles. The fourth-order valence-electron chi connectivity index (χ4n) is 2.72. The van der Waals surface area contributed by atoms with Crippen molar-refractivity contribution in [1.82, 2.24) is 19.4 Å². The van der Waals surface area contributed by atoms with Gasteiger partial charge in [0.25, 0.3) is 0 Å². The van der Waals surface area contributed by atoms with Gasteiger partial charge in [-0.1, -0.05) is 0 Å². The molecule has 0 amide bonds. The normalized spacial score (nSPS) is 18.4. The molecule has 27 heavy (non-hydrogen) atoms. The lowest BCUT2D eigenvalue weighted by molar-refractivity contribution is -0.181. The first-order valence-electron chi connectivity index (χ1n) is 8.73. The van der Waals surface area contributed by atoms with Crippen LogP contribution in [0, 0.1) is 0 Å². The summed E-state index contributed by atoms with van der Waals surface area (Å²) in [6.07, 6.45) is -3.60. The summed E-state index contributed by atoms with van der Waals surface area (Å²) in [5, 5.41) is 3.15. The molecule has 1 N–H and O–H groups in total. The van der Waals surface area contributed by atoms with Crippen molar-refractivity contribution < 1.29 is 21.6 Å². The second-order valence-electron chi connectivity index (χ2n) is 6.29. The molecule has 7 nitrogen and oxygen atoms in total. The molecule has 1 aliphatic rings. The van der Waals surface area contributed by atoms with Gasteiger partial charge in [0.2, 0.25) is 10.0 Å². The first kappa shape index (κ1) is 26.7. The van der Waals surface area contributed by atoms with Crippen molar-refractivity contribution in [3.8, 4) is 0 Å². The molecule has 162 valence electrons. The van der Waals surface area contributed by atoms with Gasteiger partial charge < -0.3 is 10.2 Å². The number of nitrogens with one attached hydrogen (secondary N) is 1. The van der Waals surface area contributed by atoms with E-state index in [0.29, 0.717) is 51.6 Å². The molecule has 1 heterocycles. The standard InChI is InChI=1S/C15H30F3N5O2S.HI/c1-5-26(24,25)21(4)8-6-7-20-14(19-3)23-11-9-22(10-12-23)13(2)15(16,17)18;/h13H,5-12H2,1-4H3,(H,19,20);1H. The van der Waals surface area contributed by atoms with Crippen LogP contribution in [-0.2, 0) is 10.0 Å². The number of guanidine groups is 1. The van der Waals surface area contributed by atoms with Crippen LogP contribution in [0.2, 0.25) is 0 Å². The van der Waals surface area contributed by atoms with Gasteiger partial charge in [-0.3, -0.25) is 9.89 Å². The second-order valence-corrected chi connectivity index (χ2v) is 8.65. The van der Waals surface area contributed by atoms with Gasteiger partial charge in [0, 0.05) is 53.4 Å². The molecule has 1 unspecified atom stereocenters. The van der Waals surface area contributed by atoms with E-state index in [0.717, 1.165) is 0 Å². The summed E-state index contributed by atoms with van der Waals surface area (Å²) in [5.74, 6) is 0.699. The van der Waals surface area contributed by atoms with Crippen LogP contribution < -0.4 is 5.32 Å². The Morgan fingerprint density at radius 3 is 2.26 bits per heavy atom. The Morgan fingerprint density at radius 2 is 1.81 bits per heavy atom. The average molecular weight is 529 g/mol. The molecule has 0 aromatic heterocycles. The Kier molecular flexibility index (Phi) is 11.5. The summed E-state index contributed by atoms with van der Waals surface area (Å²) in [4.78, 5) is 7.52. The maximum absolute atomic E-state index is 12.8. The van der Waals surface area contributed by atoms with Crippen LogP contribution in [0.3, 0.4) is 0 Å². The van der Waals surface area contributed by atoms with Crippen molar-refractivity contribution in [3.05, 3.63) is 0 Å². The van der Waals surface area contributed by atoms with Crippen molar-refractivity contribution >= 4 is 40.0 Å². The smallest absolute Gasteiger partial charge is 0.356 e. The van der Waals surface area contributed by atoms with Gasteiger partial charge in [0.15, 0.2) is 5.96 Å². The Hall–Kier alpha value is -0.340. The Labute approximate surface area is 177 Å². The zero-order valence-corrected chi connectivity index (χ0v) is 19.4. The molecular weight excluding hydrogens is 498 g/mol. The van der Waals surface area contributed by atoms with E-state index in [2.05, 4.69) is 10.3 Å². The van der Waals surface area contributed by atoms with Crippen LogP contribution >= 0.6 is 24.0 Å². The van der Waals surface area contributed by atoms with Crippen LogP contribution in [0.4, 0.5) is 13.2 Å². The van der Waals surface area contributed by atoms with Crippen LogP contribution in [0.15, 0.2) is 4.99 Å². The van der Waals surface area contributed by atoms with Crippen LogP contribution in [0.1, 0.15) is 20.3 Å². The van der Waals surface area contributed by atoms with Gasteiger partial charge in [0.1, 0.15) is 6.04 Å². The van der Waals surface area contributed by atoms with E-state index in [1.165, 1.54) is 16.1 Å². The average Bonchev–Trinajstić information content (AvgIpc) is 2.60. The third kappa shape index (κ3) is 8.28. The molecule has 0 radical (unpaired) electrons. The SMILES string of the molecule is CCS(=O)(=O)N(C)CCCNC(=NC)N1CCN(C(C)C(F)(F)F)CC1.I. The molecule has 1 saturated heterocycles. The van der Waals surface area contributed by atoms with E-state index in [1.807, 2.05) is 4.90 Å². The molecule has 1 rings (SSSR count). The van der Waals surface area contributed by atoms with Gasteiger partial charge in [-0.2, -0.15) is 13.2 Å². The van der Waals surface area contributed by atoms with Gasteiger partial charge >= 0.3 is 6.18 Å². The van der Waals surface area contributed by atoms with Crippen LogP contribution in [0.25, 0.3) is 0 Å². The Morgan fingerprint density at radius 1 is 1.26 bits per heavy atom. The highest BCUT2D eigenvalue weighted by atomic mass is 127. The van der Waals surface area contributed by atoms with Gasteiger partial charge in [0.05, 0.1) is 5.75 Å². The summed E-state index contributed by atoms with van der Waals surface area (Å²) in [5.41, 5.74) is 0. The van der Waals surface area contributed by atoms with E-state index in [1.54, 1.807) is 21.0 Å². The van der Waals surface area contributed by atoms with E-state index in [-0.39, 0.29) is 29.7 Å². The summed E-state index contributed by atoms with van der Waals surface area (Å²) in [6, 6.07) is -1.45. The lowest BCUT2D eigenvalue weighted by Gasteiger charge is -2.39. The van der Waals surface area contributed by atoms with E-state index < -0.39 is 22.2 Å². The molecule has 1 fully saturated rings. The number of nitrogens with zero attached hydrogens (tertiary/aromatic N) is 4. The first-order chi connectivity index (χ1) is 12.0. The van der Waals surface area contributed by atoms with E-state index in [9.17, 15) is 21.6 Å². The fraction of sp³-hybridized carbons (Fsp3) is 0.933. The van der Waals surface area contributed by atoms with Crippen molar-refractivity contribution in [3.63, 3.8) is 0 Å². The summed E-state index contributed by atoms with van der Waals surface area (Å²) in [7, 11) is -0.00787. The fourth-order valence-corrected chi connectivity index (χ4v) is 3.57. The number of hydrogen-bond acceptors (Lipinski definition) is 4. The number of halogens is 4. The zero-order valence-electron chi connectivity index (χ0n) is 16.3. The highest BCUT2D eigenvalue weighted by Crippen LogP contribution is 2.25. The lowest BCUT2D eigenvalue weighted by atomic mass is 10.2. The number of aliphatic imine (C=N–C) groups is 1. The van der Waals surface area contributed by atoms with Crippen molar-refractivity contribution in [2.45, 2.75) is 32.5 Å². The summed E-state index contributed by atoms with van der Waals surface area (Å²) >= 11 is 0. The quantitative estimate of drug-likeness (QED) is 0.234. The maximum Gasteiger partial charge on any atom is 0.403 e. The number of sulfonamides is 1. The van der Waals surface area contributed by atoms with E-state index >= 15 is 0 Å². The first-order valence-corrected chi connectivity index (χ1v) is 10.3. The predicted octanol–water partition coefficient (Wildman–Crippen LogP) is 1.42. The largest absolute Gasteiger partial charge is 0.403 e. The zero-order chi connectivity index (χ0) is 20.0. The Balaban J connectivity index is 0.00000676. The highest BCUT2D eigenvalue weighted by Gasteiger charge is 2.41. The minimum atomic E-state index is -4.22. The number of piperazine rings is 1. The Bertz CT molecular complexity index is 566. The third-order valence-electron chi connectivity index (χ3n) is 4.62. The maximum atomic E-state index is 12.8. The monoisotopic (exact) mass is 529 g/mol. The molecule has 1 aliphatic heterocycles. The summed E-state index contributed by atoms with van der Waals surface area (Å²) < 4.78 is 63.1. The van der Waals surface area contributed by atoms with Crippen LogP contribution in [-0.4, -0.2) is 99.8 Å². The molecular formula is C15H31F3IN5O2S. The second kappa shape index (κ2) is 11.6. The molecule has 0 spiro atoms. The molecule has 12 heteroatoms. The topological polar surface area (TPSA) is 68.2 Å². The van der Waals surface area contributed by atoms with Crippen molar-refractivity contribution in [1.29, 1.82) is 0 Å². The van der Waals surface area contributed by atoms with Crippen molar-refractivity contribution in [2.75, 3.05) is 59.1 Å². The van der Waals surface area contributed by atoms with Gasteiger partial charge in [-0.15, -0.1) is 24.0 Å². The molecule has 0 bridgehead atoms. The minimum Gasteiger partial charge on any atom is -0.356 e. The van der Waals surface area contributed by atoms with E-state index in [4.69, 9.17) is 0 Å². The van der Waals surface area contributed by atoms with Crippen LogP contribution in [0.5, 0.6) is 0 Å². The molecule has 0 aliphatic carbocycles. The molecule has 0 aromatic carbocycles. The van der Waals surface area contributed by atoms with Crippen molar-refractivity contribution in [2.24, 2.45) is 4.99 Å². The number of hydrogen-bond donors (Lipinski definition) is 1. The third-order valence-corrected chi connectivity index (χ3v) is 6.48. The lowest BCUT2D eigenvalue weighted by Crippen LogP contribution is -2.56. The highest BCUT2D eigenvalue weighted by molar-refractivity contribution is 14.0. The van der Waals surface area contributed by atoms with Gasteiger partial charge in [-0.25, -0.2) is 12.7 Å². The summed E-state index contributed by atoms with van der Waals surface area (Å²) in [6.45, 7) is 5.29. The number of alkyl halides is 3. The minimum absolute atomic E-state index is 0. The predicted molar refractivity (Wildman–Crippen MR) is 112 cm³/mol.